The van der Waals surface area contributed by atoms with Crippen LogP contribution < -0.4 is 21.2 Å². The predicted octanol–water partition coefficient (Wildman–Crippen LogP) is 0.0129. The second kappa shape index (κ2) is 7.91. The van der Waals surface area contributed by atoms with Crippen LogP contribution in [0.15, 0.2) is 9.59 Å². The van der Waals surface area contributed by atoms with E-state index in [0.717, 1.165) is 17.1 Å². The summed E-state index contributed by atoms with van der Waals surface area (Å²) in [6.07, 6.45) is 0. The molecule has 9 nitrogen and oxygen atoms in total. The van der Waals surface area contributed by atoms with Crippen molar-refractivity contribution in [1.29, 1.82) is 0 Å². The average Bonchev–Trinajstić information content (AvgIpc) is 2.53. The van der Waals surface area contributed by atoms with Crippen molar-refractivity contribution in [3.05, 3.63) is 38.1 Å². The van der Waals surface area contributed by atoms with Gasteiger partial charge in [-0.25, -0.2) is 9.59 Å². The van der Waals surface area contributed by atoms with Crippen LogP contribution >= 0.6 is 0 Å². The van der Waals surface area contributed by atoms with Crippen LogP contribution in [0.4, 0.5) is 11.8 Å². The molecule has 0 spiro atoms. The molecule has 0 saturated carbocycles. The molecule has 2 aromatic heterocycles. The van der Waals surface area contributed by atoms with E-state index in [9.17, 15) is 9.59 Å². The second-order valence-corrected chi connectivity index (χ2v) is 6.19. The van der Waals surface area contributed by atoms with Gasteiger partial charge in [0.05, 0.1) is 0 Å². The van der Waals surface area contributed by atoms with Crippen LogP contribution in [0, 0.1) is 20.8 Å². The van der Waals surface area contributed by atoms with Crippen molar-refractivity contribution in [3.63, 3.8) is 0 Å². The number of aryl methyl sites for hydroxylation is 1. The van der Waals surface area contributed by atoms with Gasteiger partial charge in [0.2, 0.25) is 5.95 Å². The number of aromatic nitrogens is 5. The minimum Gasteiger partial charge on any atom is -0.362 e. The third-order valence-corrected chi connectivity index (χ3v) is 3.92. The predicted molar refractivity (Wildman–Crippen MR) is 99.6 cm³/mol. The first-order valence-corrected chi connectivity index (χ1v) is 7.77. The second-order valence-electron chi connectivity index (χ2n) is 6.19. The highest BCUT2D eigenvalue weighted by Gasteiger charge is 2.09. The van der Waals surface area contributed by atoms with Gasteiger partial charge in [0, 0.05) is 53.5 Å². The van der Waals surface area contributed by atoms with Crippen molar-refractivity contribution < 1.29 is 0 Å². The summed E-state index contributed by atoms with van der Waals surface area (Å²) < 4.78 is 2.97. The van der Waals surface area contributed by atoms with E-state index in [4.69, 9.17) is 0 Å². The summed E-state index contributed by atoms with van der Waals surface area (Å²) in [6, 6.07) is 0. The van der Waals surface area contributed by atoms with Gasteiger partial charge in [-0.2, -0.15) is 15.0 Å². The van der Waals surface area contributed by atoms with E-state index in [2.05, 4.69) is 15.0 Å². The van der Waals surface area contributed by atoms with Crippen LogP contribution in [0.3, 0.4) is 0 Å². The fourth-order valence-corrected chi connectivity index (χ4v) is 1.99. The zero-order chi connectivity index (χ0) is 19.5. The minimum atomic E-state index is -0.272. The summed E-state index contributed by atoms with van der Waals surface area (Å²) >= 11 is 0. The Morgan fingerprint density at radius 2 is 1.28 bits per heavy atom. The summed E-state index contributed by atoms with van der Waals surface area (Å²) in [6.45, 7) is 5.67. The molecular formula is C16H27N7O2. The number of hydrogen-bond acceptors (Lipinski definition) is 7. The van der Waals surface area contributed by atoms with Crippen LogP contribution in [-0.4, -0.2) is 52.3 Å². The van der Waals surface area contributed by atoms with Crippen molar-refractivity contribution in [2.24, 2.45) is 14.1 Å². The first-order valence-electron chi connectivity index (χ1n) is 7.77. The minimum absolute atomic E-state index is 0.202. The fraction of sp³-hybridized carbons (Fsp3) is 0.562. The van der Waals surface area contributed by atoms with E-state index in [1.54, 1.807) is 44.6 Å². The third-order valence-electron chi connectivity index (χ3n) is 3.92. The molecule has 2 aromatic rings. The molecule has 0 N–H and O–H groups in total. The van der Waals surface area contributed by atoms with Crippen LogP contribution in [0.5, 0.6) is 0 Å². The Balaban J connectivity index is 0.000000251. The molecule has 25 heavy (non-hydrogen) atoms. The molecule has 0 fully saturated rings. The zero-order valence-electron chi connectivity index (χ0n) is 16.4. The Bertz CT molecular complexity index is 866. The van der Waals surface area contributed by atoms with Gasteiger partial charge < -0.3 is 9.80 Å². The smallest absolute Gasteiger partial charge is 0.351 e. The van der Waals surface area contributed by atoms with Crippen molar-refractivity contribution >= 4 is 11.8 Å². The van der Waals surface area contributed by atoms with E-state index in [-0.39, 0.29) is 11.4 Å². The van der Waals surface area contributed by atoms with E-state index in [0.29, 0.717) is 11.8 Å². The van der Waals surface area contributed by atoms with Crippen LogP contribution in [0.1, 0.15) is 17.1 Å². The number of nitrogens with zero attached hydrogens (tertiary/aromatic N) is 7. The third kappa shape index (κ3) is 4.65. The van der Waals surface area contributed by atoms with Gasteiger partial charge in [0.1, 0.15) is 11.6 Å². The molecule has 0 aromatic carbocycles. The molecule has 0 bridgehead atoms. The quantitative estimate of drug-likeness (QED) is 0.755. The lowest BCUT2D eigenvalue weighted by molar-refractivity contribution is 0.722. The lowest BCUT2D eigenvalue weighted by Gasteiger charge is -2.16. The summed E-state index contributed by atoms with van der Waals surface area (Å²) in [7, 11) is 10.7. The first-order chi connectivity index (χ1) is 11.5. The summed E-state index contributed by atoms with van der Waals surface area (Å²) in [5.41, 5.74) is 1.54. The van der Waals surface area contributed by atoms with Crippen LogP contribution in [-0.2, 0) is 14.1 Å². The number of anilines is 2. The monoisotopic (exact) mass is 349 g/mol. The molecule has 0 aliphatic carbocycles. The Hall–Kier alpha value is -2.71. The maximum Gasteiger partial charge on any atom is 0.351 e. The van der Waals surface area contributed by atoms with Crippen LogP contribution in [0.25, 0.3) is 0 Å². The Morgan fingerprint density at radius 1 is 0.760 bits per heavy atom. The highest BCUT2D eigenvalue weighted by molar-refractivity contribution is 5.46. The van der Waals surface area contributed by atoms with E-state index in [1.165, 1.54) is 4.57 Å². The largest absolute Gasteiger partial charge is 0.362 e. The molecule has 0 saturated heterocycles. The van der Waals surface area contributed by atoms with Gasteiger partial charge in [0.25, 0.3) is 0 Å². The molecule has 0 aliphatic rings. The lowest BCUT2D eigenvalue weighted by atomic mass is 10.2. The maximum atomic E-state index is 11.3. The Morgan fingerprint density at radius 3 is 1.72 bits per heavy atom. The normalized spacial score (nSPS) is 10.1. The number of rotatable bonds is 2. The van der Waals surface area contributed by atoms with E-state index >= 15 is 0 Å². The molecule has 2 heterocycles. The average molecular weight is 349 g/mol. The molecule has 9 heteroatoms. The van der Waals surface area contributed by atoms with Crippen LogP contribution in [0.2, 0.25) is 0 Å². The van der Waals surface area contributed by atoms with Crippen molar-refractivity contribution in [1.82, 2.24) is 24.1 Å². The number of hydrogen-bond donors (Lipinski definition) is 0. The zero-order valence-corrected chi connectivity index (χ0v) is 16.4. The fourth-order valence-electron chi connectivity index (χ4n) is 1.99. The highest BCUT2D eigenvalue weighted by atomic mass is 16.1. The van der Waals surface area contributed by atoms with Crippen molar-refractivity contribution in [2.75, 3.05) is 38.0 Å². The van der Waals surface area contributed by atoms with Gasteiger partial charge in [0.15, 0.2) is 0 Å². The molecular weight excluding hydrogens is 322 g/mol. The first kappa shape index (κ1) is 20.3. The van der Waals surface area contributed by atoms with Gasteiger partial charge >= 0.3 is 11.4 Å². The van der Waals surface area contributed by atoms with Gasteiger partial charge in [-0.3, -0.25) is 9.13 Å². The molecule has 0 radical (unpaired) electrons. The van der Waals surface area contributed by atoms with Crippen molar-refractivity contribution in [2.45, 2.75) is 20.8 Å². The summed E-state index contributed by atoms with van der Waals surface area (Å²) in [5.74, 6) is 1.87. The lowest BCUT2D eigenvalue weighted by Crippen LogP contribution is -2.27. The molecule has 2 rings (SSSR count). The standard InChI is InChI=1S/C9H15N3O.C7H12N4O/c1-6-7(2)12(5)9(13)10-8(6)11(3)4;1-5-8-6(10(2)3)9-7(12)11(5)4/h1-5H3;1-4H3. The molecule has 138 valence electrons. The molecule has 0 aliphatic heterocycles. The van der Waals surface area contributed by atoms with E-state index in [1.807, 2.05) is 32.8 Å². The van der Waals surface area contributed by atoms with Gasteiger partial charge in [-0.05, 0) is 20.8 Å². The Kier molecular flexibility index (Phi) is 6.43. The topological polar surface area (TPSA) is 89.2 Å². The van der Waals surface area contributed by atoms with Gasteiger partial charge in [-0.1, -0.05) is 0 Å². The Labute approximate surface area is 147 Å². The summed E-state index contributed by atoms with van der Waals surface area (Å²) in [5, 5.41) is 0. The highest BCUT2D eigenvalue weighted by Crippen LogP contribution is 2.14. The van der Waals surface area contributed by atoms with E-state index < -0.39 is 0 Å². The summed E-state index contributed by atoms with van der Waals surface area (Å²) in [4.78, 5) is 37.9. The molecule has 0 atom stereocenters. The molecule has 0 unspecified atom stereocenters. The molecule has 0 amide bonds. The van der Waals surface area contributed by atoms with Gasteiger partial charge in [-0.15, -0.1) is 0 Å². The SMILES string of the molecule is Cc1c(N(C)C)nc(=O)n(C)c1C.Cc1nc(N(C)C)nc(=O)n1C. The maximum absolute atomic E-state index is 11.3. The van der Waals surface area contributed by atoms with Crippen molar-refractivity contribution in [3.8, 4) is 0 Å².